The van der Waals surface area contributed by atoms with Gasteiger partial charge in [0, 0.05) is 30.7 Å². The Balaban J connectivity index is 1.45. The van der Waals surface area contributed by atoms with Gasteiger partial charge in [0.25, 0.3) is 0 Å². The number of fused-ring (bicyclic) bond motifs is 1. The van der Waals surface area contributed by atoms with Crippen molar-refractivity contribution in [2.24, 2.45) is 0 Å². The molecule has 0 saturated heterocycles. The van der Waals surface area contributed by atoms with Crippen LogP contribution in [0.3, 0.4) is 0 Å². The van der Waals surface area contributed by atoms with Crippen LogP contribution in [0.2, 0.25) is 0 Å². The summed E-state index contributed by atoms with van der Waals surface area (Å²) in [5.41, 5.74) is 0. The first-order valence-electron chi connectivity index (χ1n) is 7.41. The molecule has 0 unspecified atom stereocenters. The topological polar surface area (TPSA) is 76.9 Å². The van der Waals surface area contributed by atoms with E-state index in [2.05, 4.69) is 20.1 Å². The zero-order valence-corrected chi connectivity index (χ0v) is 13.3. The summed E-state index contributed by atoms with van der Waals surface area (Å²) in [7, 11) is 0. The Morgan fingerprint density at radius 1 is 1.32 bits per heavy atom. The van der Waals surface area contributed by atoms with Gasteiger partial charge in [0.1, 0.15) is 5.82 Å². The lowest BCUT2D eigenvalue weighted by Crippen LogP contribution is -2.25. The van der Waals surface area contributed by atoms with E-state index in [4.69, 9.17) is 0 Å². The molecule has 0 atom stereocenters. The maximum absolute atomic E-state index is 12.0. The smallest absolute Gasteiger partial charge is 0.220 e. The number of carbonyl (C=O) groups is 2. The minimum absolute atomic E-state index is 0.0246. The molecule has 3 rings (SSSR count). The van der Waals surface area contributed by atoms with Gasteiger partial charge in [-0.15, -0.1) is 21.5 Å². The first kappa shape index (κ1) is 14.9. The van der Waals surface area contributed by atoms with Crippen LogP contribution < -0.4 is 5.32 Å². The zero-order chi connectivity index (χ0) is 15.5. The largest absolute Gasteiger partial charge is 0.349 e. The van der Waals surface area contributed by atoms with Gasteiger partial charge in [0.2, 0.25) is 5.91 Å². The summed E-state index contributed by atoms with van der Waals surface area (Å²) in [5, 5.41) is 11.0. The van der Waals surface area contributed by atoms with Crippen LogP contribution in [-0.4, -0.2) is 26.5 Å². The Morgan fingerprint density at radius 2 is 2.18 bits per heavy atom. The third-order valence-electron chi connectivity index (χ3n) is 3.72. The molecule has 2 aromatic rings. The monoisotopic (exact) mass is 318 g/mol. The maximum atomic E-state index is 12.0. The standard InChI is InChI=1S/C15H18N4O2S/c1-10-4-6-12(22-10)11(20)5-7-15(21)16-9-14-18-17-13-3-2-8-19(13)14/h4,6H,2-3,5,7-9H2,1H3,(H,16,21). The maximum Gasteiger partial charge on any atom is 0.220 e. The number of aromatic nitrogens is 3. The molecule has 3 heterocycles. The summed E-state index contributed by atoms with van der Waals surface area (Å²) < 4.78 is 2.06. The lowest BCUT2D eigenvalue weighted by Gasteiger charge is -2.05. The third kappa shape index (κ3) is 3.24. The van der Waals surface area contributed by atoms with Gasteiger partial charge in [-0.05, 0) is 25.5 Å². The molecule has 0 bridgehead atoms. The molecule has 0 fully saturated rings. The lowest BCUT2D eigenvalue weighted by molar-refractivity contribution is -0.121. The van der Waals surface area contributed by atoms with E-state index in [-0.39, 0.29) is 24.5 Å². The summed E-state index contributed by atoms with van der Waals surface area (Å²) in [5.74, 6) is 1.68. The lowest BCUT2D eigenvalue weighted by atomic mass is 10.2. The number of rotatable bonds is 6. The number of carbonyl (C=O) groups excluding carboxylic acids is 2. The molecule has 22 heavy (non-hydrogen) atoms. The Labute approximate surface area is 132 Å². The highest BCUT2D eigenvalue weighted by molar-refractivity contribution is 7.14. The number of nitrogens with zero attached hydrogens (tertiary/aromatic N) is 3. The van der Waals surface area contributed by atoms with Crippen LogP contribution in [0.4, 0.5) is 0 Å². The first-order chi connectivity index (χ1) is 10.6. The van der Waals surface area contributed by atoms with Crippen LogP contribution in [0.5, 0.6) is 0 Å². The third-order valence-corrected chi connectivity index (χ3v) is 4.77. The molecule has 1 amide bonds. The van der Waals surface area contributed by atoms with E-state index < -0.39 is 0 Å². The number of amides is 1. The Morgan fingerprint density at radius 3 is 2.95 bits per heavy atom. The van der Waals surface area contributed by atoms with Crippen molar-refractivity contribution in [3.05, 3.63) is 33.5 Å². The first-order valence-corrected chi connectivity index (χ1v) is 8.22. The van der Waals surface area contributed by atoms with Crippen LogP contribution in [0.15, 0.2) is 12.1 Å². The summed E-state index contributed by atoms with van der Waals surface area (Å²) in [6.45, 7) is 3.26. The summed E-state index contributed by atoms with van der Waals surface area (Å²) in [4.78, 5) is 25.6. The number of hydrogen-bond donors (Lipinski definition) is 1. The summed E-state index contributed by atoms with van der Waals surface area (Å²) in [6, 6.07) is 3.74. The molecule has 0 aliphatic carbocycles. The number of ketones is 1. The highest BCUT2D eigenvalue weighted by Crippen LogP contribution is 2.17. The molecule has 1 aliphatic rings. The highest BCUT2D eigenvalue weighted by Gasteiger charge is 2.17. The van der Waals surface area contributed by atoms with Gasteiger partial charge in [-0.2, -0.15) is 0 Å². The van der Waals surface area contributed by atoms with Crippen molar-refractivity contribution in [2.75, 3.05) is 0 Å². The fourth-order valence-electron chi connectivity index (χ4n) is 2.54. The molecule has 116 valence electrons. The summed E-state index contributed by atoms with van der Waals surface area (Å²) >= 11 is 1.47. The van der Waals surface area contributed by atoms with Crippen molar-refractivity contribution >= 4 is 23.0 Å². The van der Waals surface area contributed by atoms with Crippen LogP contribution >= 0.6 is 11.3 Å². The van der Waals surface area contributed by atoms with Crippen LogP contribution in [0.1, 0.15) is 45.5 Å². The molecule has 7 heteroatoms. The second-order valence-electron chi connectivity index (χ2n) is 5.40. The Kier molecular flexibility index (Phi) is 4.33. The summed E-state index contributed by atoms with van der Waals surface area (Å²) in [6.07, 6.45) is 2.48. The molecular formula is C15H18N4O2S. The van der Waals surface area contributed by atoms with Crippen LogP contribution in [-0.2, 0) is 24.3 Å². The van der Waals surface area contributed by atoms with E-state index in [0.29, 0.717) is 6.54 Å². The van der Waals surface area contributed by atoms with E-state index in [9.17, 15) is 9.59 Å². The number of Topliss-reactive ketones (excluding diaryl/α,β-unsaturated/α-hetero) is 1. The average molecular weight is 318 g/mol. The van der Waals surface area contributed by atoms with Crippen LogP contribution in [0, 0.1) is 6.92 Å². The van der Waals surface area contributed by atoms with E-state index in [1.165, 1.54) is 11.3 Å². The minimum Gasteiger partial charge on any atom is -0.349 e. The number of nitrogens with one attached hydrogen (secondary N) is 1. The molecule has 1 aliphatic heterocycles. The van der Waals surface area contributed by atoms with Gasteiger partial charge in [-0.1, -0.05) is 0 Å². The Bertz CT molecular complexity index is 704. The number of hydrogen-bond acceptors (Lipinski definition) is 5. The molecule has 2 aromatic heterocycles. The fraction of sp³-hybridized carbons (Fsp3) is 0.467. The molecule has 0 aromatic carbocycles. The van der Waals surface area contributed by atoms with E-state index in [0.717, 1.165) is 40.8 Å². The SMILES string of the molecule is Cc1ccc(C(=O)CCC(=O)NCc2nnc3n2CCC3)s1. The van der Waals surface area contributed by atoms with Crippen LogP contribution in [0.25, 0.3) is 0 Å². The molecule has 0 spiro atoms. The van der Waals surface area contributed by atoms with Gasteiger partial charge in [-0.25, -0.2) is 0 Å². The van der Waals surface area contributed by atoms with Crippen molar-refractivity contribution in [1.29, 1.82) is 0 Å². The van der Waals surface area contributed by atoms with Gasteiger partial charge in [-0.3, -0.25) is 9.59 Å². The van der Waals surface area contributed by atoms with Gasteiger partial charge in [0.15, 0.2) is 11.6 Å². The average Bonchev–Trinajstić information content (AvgIpc) is 3.19. The quantitative estimate of drug-likeness (QED) is 0.825. The zero-order valence-electron chi connectivity index (χ0n) is 12.5. The second-order valence-corrected chi connectivity index (χ2v) is 6.69. The van der Waals surface area contributed by atoms with Gasteiger partial charge in [0.05, 0.1) is 11.4 Å². The van der Waals surface area contributed by atoms with Crippen molar-refractivity contribution in [1.82, 2.24) is 20.1 Å². The van der Waals surface area contributed by atoms with Gasteiger partial charge >= 0.3 is 0 Å². The molecule has 0 radical (unpaired) electrons. The fourth-order valence-corrected chi connectivity index (χ4v) is 3.38. The highest BCUT2D eigenvalue weighted by atomic mass is 32.1. The Hall–Kier alpha value is -2.02. The van der Waals surface area contributed by atoms with Crippen molar-refractivity contribution in [3.8, 4) is 0 Å². The van der Waals surface area contributed by atoms with Crippen molar-refractivity contribution < 1.29 is 9.59 Å². The number of aryl methyl sites for hydroxylation is 2. The normalized spacial score (nSPS) is 13.1. The molecule has 1 N–H and O–H groups in total. The molecular weight excluding hydrogens is 300 g/mol. The van der Waals surface area contributed by atoms with Crippen molar-refractivity contribution in [3.63, 3.8) is 0 Å². The number of thiophene rings is 1. The minimum atomic E-state index is -0.128. The molecule has 6 nitrogen and oxygen atoms in total. The van der Waals surface area contributed by atoms with E-state index in [1.54, 1.807) is 0 Å². The van der Waals surface area contributed by atoms with E-state index >= 15 is 0 Å². The van der Waals surface area contributed by atoms with Gasteiger partial charge < -0.3 is 9.88 Å². The van der Waals surface area contributed by atoms with Crippen molar-refractivity contribution in [2.45, 2.75) is 45.7 Å². The molecule has 0 saturated carbocycles. The second kappa shape index (κ2) is 6.39. The van der Waals surface area contributed by atoms with E-state index in [1.807, 2.05) is 19.1 Å². The predicted octanol–water partition coefficient (Wildman–Crippen LogP) is 1.87. The predicted molar refractivity (Wildman–Crippen MR) is 82.8 cm³/mol.